The van der Waals surface area contributed by atoms with Gasteiger partial charge < -0.3 is 9.52 Å². The third-order valence-corrected chi connectivity index (χ3v) is 2.87. The molecule has 72 valence electrons. The molecule has 0 unspecified atom stereocenters. The van der Waals surface area contributed by atoms with E-state index in [0.29, 0.717) is 6.42 Å². The zero-order chi connectivity index (χ0) is 9.15. The topological polar surface area (TPSA) is 33.4 Å². The summed E-state index contributed by atoms with van der Waals surface area (Å²) in [4.78, 5) is 0. The lowest BCUT2D eigenvalue weighted by Crippen LogP contribution is -2.33. The third kappa shape index (κ3) is 2.13. The van der Waals surface area contributed by atoms with E-state index in [0.717, 1.165) is 31.4 Å². The summed E-state index contributed by atoms with van der Waals surface area (Å²) < 4.78 is 5.24. The van der Waals surface area contributed by atoms with Crippen LogP contribution in [0.4, 0.5) is 0 Å². The van der Waals surface area contributed by atoms with Crippen molar-refractivity contribution in [2.75, 3.05) is 0 Å². The minimum atomic E-state index is -0.490. The highest BCUT2D eigenvalue weighted by Crippen LogP contribution is 2.31. The summed E-state index contributed by atoms with van der Waals surface area (Å²) in [6.07, 6.45) is 7.76. The van der Waals surface area contributed by atoms with Crippen LogP contribution in [0.1, 0.15) is 37.9 Å². The van der Waals surface area contributed by atoms with E-state index in [2.05, 4.69) is 0 Å². The summed E-state index contributed by atoms with van der Waals surface area (Å²) >= 11 is 0. The molecule has 0 atom stereocenters. The lowest BCUT2D eigenvalue weighted by molar-refractivity contribution is 0.000357. The second kappa shape index (κ2) is 3.54. The largest absolute Gasteiger partial charge is 0.469 e. The molecule has 1 N–H and O–H groups in total. The molecular formula is C11H16O2. The first-order valence-corrected chi connectivity index (χ1v) is 5.03. The third-order valence-electron chi connectivity index (χ3n) is 2.87. The summed E-state index contributed by atoms with van der Waals surface area (Å²) in [5, 5.41) is 10.2. The summed E-state index contributed by atoms with van der Waals surface area (Å²) in [6.45, 7) is 0. The Labute approximate surface area is 78.6 Å². The monoisotopic (exact) mass is 180 g/mol. The quantitative estimate of drug-likeness (QED) is 0.758. The molecule has 0 aromatic carbocycles. The van der Waals surface area contributed by atoms with Crippen LogP contribution in [-0.2, 0) is 6.42 Å². The van der Waals surface area contributed by atoms with E-state index >= 15 is 0 Å². The van der Waals surface area contributed by atoms with E-state index in [9.17, 15) is 5.11 Å². The van der Waals surface area contributed by atoms with E-state index in [-0.39, 0.29) is 0 Å². The molecule has 2 heteroatoms. The Kier molecular flexibility index (Phi) is 2.40. The molecule has 1 aromatic heterocycles. The molecule has 1 saturated carbocycles. The minimum absolute atomic E-state index is 0.490. The smallest absolute Gasteiger partial charge is 0.106 e. The van der Waals surface area contributed by atoms with Gasteiger partial charge in [-0.05, 0) is 25.0 Å². The van der Waals surface area contributed by atoms with Crippen molar-refractivity contribution in [3.63, 3.8) is 0 Å². The number of furan rings is 1. The molecule has 1 fully saturated rings. The number of hydrogen-bond donors (Lipinski definition) is 1. The zero-order valence-corrected chi connectivity index (χ0v) is 7.83. The van der Waals surface area contributed by atoms with Crippen molar-refractivity contribution < 1.29 is 9.52 Å². The standard InChI is InChI=1S/C11H16O2/c12-11(6-2-1-3-7-11)9-10-5-4-8-13-10/h4-5,8,12H,1-3,6-7,9H2. The van der Waals surface area contributed by atoms with Crippen LogP contribution < -0.4 is 0 Å². The highest BCUT2D eigenvalue weighted by molar-refractivity contribution is 5.03. The van der Waals surface area contributed by atoms with Gasteiger partial charge in [0.1, 0.15) is 5.76 Å². The van der Waals surface area contributed by atoms with Gasteiger partial charge in [0.2, 0.25) is 0 Å². The Morgan fingerprint density at radius 3 is 2.69 bits per heavy atom. The molecule has 1 aromatic rings. The Morgan fingerprint density at radius 1 is 1.31 bits per heavy atom. The average molecular weight is 180 g/mol. The Balaban J connectivity index is 1.99. The van der Waals surface area contributed by atoms with Gasteiger partial charge >= 0.3 is 0 Å². The van der Waals surface area contributed by atoms with Gasteiger partial charge in [-0.1, -0.05) is 19.3 Å². The second-order valence-corrected chi connectivity index (χ2v) is 4.04. The number of hydrogen-bond acceptors (Lipinski definition) is 2. The van der Waals surface area contributed by atoms with Crippen LogP contribution in [0.3, 0.4) is 0 Å². The van der Waals surface area contributed by atoms with E-state index in [1.54, 1.807) is 6.26 Å². The maximum atomic E-state index is 10.2. The van der Waals surface area contributed by atoms with Crippen molar-refractivity contribution >= 4 is 0 Å². The number of aliphatic hydroxyl groups is 1. The fourth-order valence-corrected chi connectivity index (χ4v) is 2.12. The van der Waals surface area contributed by atoms with Crippen LogP contribution in [-0.4, -0.2) is 10.7 Å². The van der Waals surface area contributed by atoms with Gasteiger partial charge in [0.25, 0.3) is 0 Å². The molecule has 0 saturated heterocycles. The van der Waals surface area contributed by atoms with Crippen molar-refractivity contribution in [2.24, 2.45) is 0 Å². The van der Waals surface area contributed by atoms with Crippen molar-refractivity contribution in [3.8, 4) is 0 Å². The maximum absolute atomic E-state index is 10.2. The SMILES string of the molecule is OC1(Cc2ccco2)CCCCC1. The summed E-state index contributed by atoms with van der Waals surface area (Å²) in [7, 11) is 0. The molecule has 0 radical (unpaired) electrons. The van der Waals surface area contributed by atoms with Gasteiger partial charge in [-0.25, -0.2) is 0 Å². The molecule has 2 nitrogen and oxygen atoms in total. The molecule has 1 aliphatic rings. The van der Waals surface area contributed by atoms with Crippen molar-refractivity contribution in [1.82, 2.24) is 0 Å². The first-order valence-electron chi connectivity index (χ1n) is 5.03. The van der Waals surface area contributed by atoms with Gasteiger partial charge in [0.05, 0.1) is 11.9 Å². The normalized spacial score (nSPS) is 21.6. The van der Waals surface area contributed by atoms with Crippen LogP contribution in [0.2, 0.25) is 0 Å². The van der Waals surface area contributed by atoms with E-state index < -0.39 is 5.60 Å². The lowest BCUT2D eigenvalue weighted by Gasteiger charge is -2.31. The molecular weight excluding hydrogens is 164 g/mol. The molecule has 0 amide bonds. The molecule has 0 spiro atoms. The first kappa shape index (κ1) is 8.82. The van der Waals surface area contributed by atoms with Crippen LogP contribution in [0.25, 0.3) is 0 Å². The second-order valence-electron chi connectivity index (χ2n) is 4.04. The lowest BCUT2D eigenvalue weighted by atomic mass is 9.82. The fourth-order valence-electron chi connectivity index (χ4n) is 2.12. The first-order chi connectivity index (χ1) is 6.29. The van der Waals surface area contributed by atoms with Gasteiger partial charge in [0, 0.05) is 6.42 Å². The van der Waals surface area contributed by atoms with Gasteiger partial charge in [-0.3, -0.25) is 0 Å². The van der Waals surface area contributed by atoms with Crippen molar-refractivity contribution in [1.29, 1.82) is 0 Å². The highest BCUT2D eigenvalue weighted by Gasteiger charge is 2.30. The fraction of sp³-hybridized carbons (Fsp3) is 0.636. The summed E-state index contributed by atoms with van der Waals surface area (Å²) in [5.74, 6) is 0.907. The molecule has 1 heterocycles. The van der Waals surface area contributed by atoms with Crippen molar-refractivity contribution in [2.45, 2.75) is 44.1 Å². The Bertz CT molecular complexity index is 245. The highest BCUT2D eigenvalue weighted by atomic mass is 16.3. The van der Waals surface area contributed by atoms with Crippen molar-refractivity contribution in [3.05, 3.63) is 24.2 Å². The van der Waals surface area contributed by atoms with Gasteiger partial charge in [-0.2, -0.15) is 0 Å². The Hall–Kier alpha value is -0.760. The molecule has 0 aliphatic heterocycles. The van der Waals surface area contributed by atoms with E-state index in [4.69, 9.17) is 4.42 Å². The average Bonchev–Trinajstić information content (AvgIpc) is 2.57. The molecule has 0 bridgehead atoms. The van der Waals surface area contributed by atoms with Crippen LogP contribution in [0.15, 0.2) is 22.8 Å². The van der Waals surface area contributed by atoms with Gasteiger partial charge in [-0.15, -0.1) is 0 Å². The molecule has 1 aliphatic carbocycles. The van der Waals surface area contributed by atoms with Gasteiger partial charge in [0.15, 0.2) is 0 Å². The summed E-state index contributed by atoms with van der Waals surface area (Å²) in [5.41, 5.74) is -0.490. The van der Waals surface area contributed by atoms with Crippen LogP contribution in [0.5, 0.6) is 0 Å². The van der Waals surface area contributed by atoms with E-state index in [1.807, 2.05) is 12.1 Å². The predicted octanol–water partition coefficient (Wildman–Crippen LogP) is 2.52. The van der Waals surface area contributed by atoms with Crippen LogP contribution in [0, 0.1) is 0 Å². The predicted molar refractivity (Wildman–Crippen MR) is 50.4 cm³/mol. The zero-order valence-electron chi connectivity index (χ0n) is 7.83. The summed E-state index contributed by atoms with van der Waals surface area (Å²) in [6, 6.07) is 3.81. The molecule has 13 heavy (non-hydrogen) atoms. The molecule has 2 rings (SSSR count). The maximum Gasteiger partial charge on any atom is 0.106 e. The Morgan fingerprint density at radius 2 is 2.08 bits per heavy atom. The minimum Gasteiger partial charge on any atom is -0.469 e. The van der Waals surface area contributed by atoms with Crippen LogP contribution >= 0.6 is 0 Å². The van der Waals surface area contributed by atoms with E-state index in [1.165, 1.54) is 6.42 Å². The number of rotatable bonds is 2.